The molecule has 3 heteroatoms. The van der Waals surface area contributed by atoms with Gasteiger partial charge in [0.2, 0.25) is 0 Å². The quantitative estimate of drug-likeness (QED) is 0.585. The number of hydrogen-bond donors (Lipinski definition) is 0. The zero-order chi connectivity index (χ0) is 11.5. The molecule has 6 unspecified atom stereocenters. The van der Waals surface area contributed by atoms with Crippen LogP contribution in [0.2, 0.25) is 0 Å². The van der Waals surface area contributed by atoms with E-state index in [0.29, 0.717) is 24.2 Å². The number of hydrogen-bond acceptors (Lipinski definition) is 0. The fourth-order valence-electron chi connectivity index (χ4n) is 4.84. The number of alkyl halides is 3. The van der Waals surface area contributed by atoms with Crippen LogP contribution >= 0.6 is 0 Å². The first-order valence-corrected chi connectivity index (χ1v) is 6.53. The van der Waals surface area contributed by atoms with Crippen molar-refractivity contribution in [2.75, 3.05) is 0 Å². The summed E-state index contributed by atoms with van der Waals surface area (Å²) in [5.41, 5.74) is 0. The summed E-state index contributed by atoms with van der Waals surface area (Å²) in [6, 6.07) is 0. The Morgan fingerprint density at radius 1 is 0.875 bits per heavy atom. The highest BCUT2D eigenvalue weighted by molar-refractivity contribution is 5.01. The second-order valence-electron chi connectivity index (χ2n) is 6.26. The summed E-state index contributed by atoms with van der Waals surface area (Å²) in [5, 5.41) is 0. The maximum atomic E-state index is 12.9. The molecule has 3 saturated carbocycles. The van der Waals surface area contributed by atoms with Crippen LogP contribution < -0.4 is 0 Å². The predicted molar refractivity (Wildman–Crippen MR) is 55.8 cm³/mol. The summed E-state index contributed by atoms with van der Waals surface area (Å²) in [5.74, 6) is 1.27. The van der Waals surface area contributed by atoms with Gasteiger partial charge in [0.05, 0.1) is 5.92 Å². The Hall–Kier alpha value is -0.210. The fourth-order valence-corrected chi connectivity index (χ4v) is 4.84. The zero-order valence-corrected chi connectivity index (χ0v) is 9.63. The first-order chi connectivity index (χ1) is 7.47. The van der Waals surface area contributed by atoms with Crippen LogP contribution in [0.15, 0.2) is 0 Å². The largest absolute Gasteiger partial charge is 0.392 e. The van der Waals surface area contributed by atoms with Gasteiger partial charge in [0.25, 0.3) is 0 Å². The van der Waals surface area contributed by atoms with Crippen molar-refractivity contribution in [2.45, 2.75) is 45.2 Å². The summed E-state index contributed by atoms with van der Waals surface area (Å²) in [7, 11) is 0. The van der Waals surface area contributed by atoms with E-state index in [-0.39, 0.29) is 5.92 Å². The van der Waals surface area contributed by atoms with Crippen LogP contribution in [0, 0.1) is 35.5 Å². The fraction of sp³-hybridized carbons (Fsp3) is 1.00. The Morgan fingerprint density at radius 2 is 1.44 bits per heavy atom. The van der Waals surface area contributed by atoms with Gasteiger partial charge in [-0.1, -0.05) is 6.92 Å². The Morgan fingerprint density at radius 3 is 2.00 bits per heavy atom. The molecule has 3 rings (SSSR count). The molecule has 3 fully saturated rings. The molecule has 0 amide bonds. The molecule has 3 aliphatic carbocycles. The van der Waals surface area contributed by atoms with Crippen LogP contribution in [0.1, 0.15) is 39.0 Å². The minimum Gasteiger partial charge on any atom is -0.171 e. The van der Waals surface area contributed by atoms with Crippen molar-refractivity contribution >= 4 is 0 Å². The zero-order valence-electron chi connectivity index (χ0n) is 9.63. The first-order valence-electron chi connectivity index (χ1n) is 6.53. The van der Waals surface area contributed by atoms with Gasteiger partial charge in [-0.15, -0.1) is 0 Å². The first kappa shape index (κ1) is 10.9. The number of fused-ring (bicyclic) bond motifs is 5. The molecule has 0 nitrogen and oxygen atoms in total. The number of halogens is 3. The topological polar surface area (TPSA) is 0 Å². The second kappa shape index (κ2) is 3.39. The molecular weight excluding hydrogens is 213 g/mol. The molecule has 16 heavy (non-hydrogen) atoms. The lowest BCUT2D eigenvalue weighted by Crippen LogP contribution is -2.40. The third-order valence-corrected chi connectivity index (χ3v) is 5.55. The molecule has 0 N–H and O–H groups in total. The van der Waals surface area contributed by atoms with Crippen LogP contribution in [0.5, 0.6) is 0 Å². The van der Waals surface area contributed by atoms with Crippen LogP contribution in [0.4, 0.5) is 13.2 Å². The van der Waals surface area contributed by atoms with E-state index in [2.05, 4.69) is 0 Å². The van der Waals surface area contributed by atoms with Crippen LogP contribution in [0.25, 0.3) is 0 Å². The van der Waals surface area contributed by atoms with E-state index in [1.54, 1.807) is 6.92 Å². The van der Waals surface area contributed by atoms with Gasteiger partial charge < -0.3 is 0 Å². The maximum absolute atomic E-state index is 12.9. The Bertz CT molecular complexity index is 283. The SMILES string of the molecule is CC1CC2C3CCC(C3)C2CC1C(F)(F)F. The normalized spacial score (nSPS) is 51.8. The van der Waals surface area contributed by atoms with Crippen molar-refractivity contribution in [1.82, 2.24) is 0 Å². The molecule has 0 saturated heterocycles. The summed E-state index contributed by atoms with van der Waals surface area (Å²) in [4.78, 5) is 0. The summed E-state index contributed by atoms with van der Waals surface area (Å²) < 4.78 is 38.7. The molecule has 0 heterocycles. The highest BCUT2D eigenvalue weighted by Gasteiger charge is 2.55. The molecule has 0 aromatic carbocycles. The molecule has 0 aromatic rings. The van der Waals surface area contributed by atoms with Crippen molar-refractivity contribution in [2.24, 2.45) is 35.5 Å². The van der Waals surface area contributed by atoms with E-state index in [1.807, 2.05) is 0 Å². The van der Waals surface area contributed by atoms with E-state index >= 15 is 0 Å². The molecule has 0 spiro atoms. The summed E-state index contributed by atoms with van der Waals surface area (Å²) in [6.45, 7) is 1.81. The molecule has 92 valence electrons. The third kappa shape index (κ3) is 1.50. The number of rotatable bonds is 0. The standard InChI is InChI=1S/C13H19F3/c1-7-4-10-8-2-3-9(5-8)11(10)6-12(7)13(14,15)16/h7-12H,2-6H2,1H3. The molecule has 0 aromatic heterocycles. The smallest absolute Gasteiger partial charge is 0.171 e. The second-order valence-corrected chi connectivity index (χ2v) is 6.26. The van der Waals surface area contributed by atoms with Gasteiger partial charge >= 0.3 is 6.18 Å². The van der Waals surface area contributed by atoms with E-state index in [1.165, 1.54) is 19.3 Å². The van der Waals surface area contributed by atoms with E-state index in [4.69, 9.17) is 0 Å². The van der Waals surface area contributed by atoms with E-state index in [0.717, 1.165) is 12.3 Å². The van der Waals surface area contributed by atoms with Gasteiger partial charge in [0.1, 0.15) is 0 Å². The van der Waals surface area contributed by atoms with Gasteiger partial charge in [-0.25, -0.2) is 0 Å². The lowest BCUT2D eigenvalue weighted by molar-refractivity contribution is -0.204. The predicted octanol–water partition coefficient (Wildman–Crippen LogP) is 4.26. The van der Waals surface area contributed by atoms with E-state index < -0.39 is 12.1 Å². The van der Waals surface area contributed by atoms with Crippen molar-refractivity contribution < 1.29 is 13.2 Å². The Kier molecular flexibility index (Phi) is 2.31. The Labute approximate surface area is 94.6 Å². The molecule has 6 atom stereocenters. The van der Waals surface area contributed by atoms with Crippen molar-refractivity contribution in [3.63, 3.8) is 0 Å². The minimum atomic E-state index is -3.97. The minimum absolute atomic E-state index is 0.152. The van der Waals surface area contributed by atoms with Gasteiger partial charge in [0.15, 0.2) is 0 Å². The van der Waals surface area contributed by atoms with Gasteiger partial charge in [-0.05, 0) is 61.7 Å². The van der Waals surface area contributed by atoms with E-state index in [9.17, 15) is 13.2 Å². The Balaban J connectivity index is 1.79. The molecule has 0 aliphatic heterocycles. The average molecular weight is 232 g/mol. The molecule has 0 radical (unpaired) electrons. The molecule has 3 aliphatic rings. The highest BCUT2D eigenvalue weighted by Crippen LogP contribution is 2.60. The maximum Gasteiger partial charge on any atom is 0.392 e. The van der Waals surface area contributed by atoms with Gasteiger partial charge in [-0.3, -0.25) is 0 Å². The molecular formula is C13H19F3. The third-order valence-electron chi connectivity index (χ3n) is 5.55. The average Bonchev–Trinajstić information content (AvgIpc) is 2.74. The van der Waals surface area contributed by atoms with Crippen molar-refractivity contribution in [1.29, 1.82) is 0 Å². The lowest BCUT2D eigenvalue weighted by Gasteiger charge is -2.43. The van der Waals surface area contributed by atoms with Crippen LogP contribution in [-0.2, 0) is 0 Å². The monoisotopic (exact) mass is 232 g/mol. The van der Waals surface area contributed by atoms with Gasteiger partial charge in [-0.2, -0.15) is 13.2 Å². The lowest BCUT2D eigenvalue weighted by atomic mass is 9.63. The van der Waals surface area contributed by atoms with Crippen LogP contribution in [-0.4, -0.2) is 6.18 Å². The van der Waals surface area contributed by atoms with Crippen molar-refractivity contribution in [3.8, 4) is 0 Å². The molecule has 2 bridgehead atoms. The summed E-state index contributed by atoms with van der Waals surface area (Å²) in [6.07, 6.45) is 1.01. The highest BCUT2D eigenvalue weighted by atomic mass is 19.4. The van der Waals surface area contributed by atoms with Crippen molar-refractivity contribution in [3.05, 3.63) is 0 Å². The summed E-state index contributed by atoms with van der Waals surface area (Å²) >= 11 is 0. The van der Waals surface area contributed by atoms with Crippen LogP contribution in [0.3, 0.4) is 0 Å². The van der Waals surface area contributed by atoms with Gasteiger partial charge in [0, 0.05) is 0 Å².